The van der Waals surface area contributed by atoms with Crippen molar-refractivity contribution < 1.29 is 14.7 Å². The molecular weight excluding hydrogens is 232 g/mol. The van der Waals surface area contributed by atoms with Crippen LogP contribution in [0.5, 0.6) is 0 Å². The first-order valence-corrected chi connectivity index (χ1v) is 6.78. The molecule has 5 nitrogen and oxygen atoms in total. The van der Waals surface area contributed by atoms with E-state index in [1.807, 2.05) is 6.92 Å². The molecule has 0 bridgehead atoms. The highest BCUT2D eigenvalue weighted by molar-refractivity contribution is 5.81. The van der Waals surface area contributed by atoms with Crippen LogP contribution in [0.25, 0.3) is 0 Å². The zero-order valence-electron chi connectivity index (χ0n) is 11.3. The maximum atomic E-state index is 11.9. The summed E-state index contributed by atoms with van der Waals surface area (Å²) in [5, 5.41) is 11.8. The SMILES string of the molecule is CCCC(=O)N1CCCC(C(=O)NCC(C)O)C1. The van der Waals surface area contributed by atoms with Gasteiger partial charge in [-0.1, -0.05) is 6.92 Å². The molecule has 2 unspecified atom stereocenters. The lowest BCUT2D eigenvalue weighted by Gasteiger charge is -2.32. The average Bonchev–Trinajstić information content (AvgIpc) is 2.36. The van der Waals surface area contributed by atoms with Gasteiger partial charge in [-0.15, -0.1) is 0 Å². The standard InChI is InChI=1S/C13H24N2O3/c1-3-5-12(17)15-7-4-6-11(9-15)13(18)14-8-10(2)16/h10-11,16H,3-9H2,1-2H3,(H,14,18). The molecule has 2 amide bonds. The normalized spacial score (nSPS) is 21.5. The molecule has 104 valence electrons. The van der Waals surface area contributed by atoms with Gasteiger partial charge < -0.3 is 15.3 Å². The lowest BCUT2D eigenvalue weighted by molar-refractivity contribution is -0.135. The van der Waals surface area contributed by atoms with Gasteiger partial charge in [-0.05, 0) is 26.2 Å². The predicted molar refractivity (Wildman–Crippen MR) is 68.9 cm³/mol. The van der Waals surface area contributed by atoms with Gasteiger partial charge >= 0.3 is 0 Å². The summed E-state index contributed by atoms with van der Waals surface area (Å²) in [4.78, 5) is 25.4. The van der Waals surface area contributed by atoms with Crippen LogP contribution in [0.1, 0.15) is 39.5 Å². The lowest BCUT2D eigenvalue weighted by Crippen LogP contribution is -2.46. The molecule has 0 radical (unpaired) electrons. The summed E-state index contributed by atoms with van der Waals surface area (Å²) in [7, 11) is 0. The van der Waals surface area contributed by atoms with Gasteiger partial charge in [0.2, 0.25) is 11.8 Å². The van der Waals surface area contributed by atoms with E-state index in [2.05, 4.69) is 5.32 Å². The number of aliphatic hydroxyl groups excluding tert-OH is 1. The summed E-state index contributed by atoms with van der Waals surface area (Å²) >= 11 is 0. The molecule has 0 aromatic rings. The lowest BCUT2D eigenvalue weighted by atomic mass is 9.96. The summed E-state index contributed by atoms with van der Waals surface area (Å²) in [5.74, 6) is -0.0336. The summed E-state index contributed by atoms with van der Waals surface area (Å²) in [6, 6.07) is 0. The zero-order chi connectivity index (χ0) is 13.5. The number of piperidine rings is 1. The number of nitrogens with zero attached hydrogens (tertiary/aromatic N) is 1. The number of carbonyl (C=O) groups excluding carboxylic acids is 2. The second kappa shape index (κ2) is 7.36. The van der Waals surface area contributed by atoms with Crippen molar-refractivity contribution in [1.29, 1.82) is 0 Å². The molecule has 0 spiro atoms. The van der Waals surface area contributed by atoms with Crippen LogP contribution in [-0.4, -0.2) is 47.6 Å². The summed E-state index contributed by atoms with van der Waals surface area (Å²) in [6.45, 7) is 5.18. The first-order chi connectivity index (χ1) is 8.54. The highest BCUT2D eigenvalue weighted by atomic mass is 16.3. The van der Waals surface area contributed by atoms with Gasteiger partial charge in [-0.3, -0.25) is 9.59 Å². The molecule has 1 heterocycles. The van der Waals surface area contributed by atoms with Crippen LogP contribution >= 0.6 is 0 Å². The smallest absolute Gasteiger partial charge is 0.224 e. The molecule has 1 fully saturated rings. The van der Waals surface area contributed by atoms with Crippen molar-refractivity contribution in [2.45, 2.75) is 45.6 Å². The summed E-state index contributed by atoms with van der Waals surface area (Å²) < 4.78 is 0. The summed E-state index contributed by atoms with van der Waals surface area (Å²) in [6.07, 6.45) is 2.57. The van der Waals surface area contributed by atoms with Gasteiger partial charge in [0.15, 0.2) is 0 Å². The molecule has 2 N–H and O–H groups in total. The van der Waals surface area contributed by atoms with E-state index in [0.29, 0.717) is 13.0 Å². The van der Waals surface area contributed by atoms with Crippen molar-refractivity contribution in [1.82, 2.24) is 10.2 Å². The van der Waals surface area contributed by atoms with E-state index in [1.165, 1.54) is 0 Å². The number of hydrogen-bond acceptors (Lipinski definition) is 3. The third kappa shape index (κ3) is 4.64. The molecule has 1 rings (SSSR count). The van der Waals surface area contributed by atoms with Crippen molar-refractivity contribution in [2.75, 3.05) is 19.6 Å². The molecule has 2 atom stereocenters. The number of amides is 2. The molecule has 18 heavy (non-hydrogen) atoms. The number of rotatable bonds is 5. The number of aliphatic hydroxyl groups is 1. The fourth-order valence-electron chi connectivity index (χ4n) is 2.18. The van der Waals surface area contributed by atoms with Gasteiger partial charge in [0.1, 0.15) is 0 Å². The van der Waals surface area contributed by atoms with E-state index in [0.717, 1.165) is 25.8 Å². The minimum Gasteiger partial charge on any atom is -0.392 e. The Kier molecular flexibility index (Phi) is 6.12. The molecule has 1 aliphatic heterocycles. The quantitative estimate of drug-likeness (QED) is 0.753. The second-order valence-electron chi connectivity index (χ2n) is 5.02. The van der Waals surface area contributed by atoms with Crippen LogP contribution in [0.3, 0.4) is 0 Å². The van der Waals surface area contributed by atoms with E-state index in [9.17, 15) is 9.59 Å². The van der Waals surface area contributed by atoms with Gasteiger partial charge in [0, 0.05) is 26.1 Å². The maximum absolute atomic E-state index is 11.9. The third-order valence-corrected chi connectivity index (χ3v) is 3.18. The Balaban J connectivity index is 2.42. The first-order valence-electron chi connectivity index (χ1n) is 6.78. The highest BCUT2D eigenvalue weighted by Crippen LogP contribution is 2.17. The van der Waals surface area contributed by atoms with Gasteiger partial charge in [-0.25, -0.2) is 0 Å². The van der Waals surface area contributed by atoms with Crippen molar-refractivity contribution >= 4 is 11.8 Å². The topological polar surface area (TPSA) is 69.6 Å². The van der Waals surface area contributed by atoms with Crippen LogP contribution in [0.4, 0.5) is 0 Å². The fourth-order valence-corrected chi connectivity index (χ4v) is 2.18. The largest absolute Gasteiger partial charge is 0.392 e. The zero-order valence-corrected chi connectivity index (χ0v) is 11.3. The molecule has 0 saturated carbocycles. The molecule has 1 aliphatic rings. The van der Waals surface area contributed by atoms with E-state index in [1.54, 1.807) is 11.8 Å². The van der Waals surface area contributed by atoms with Crippen LogP contribution in [-0.2, 0) is 9.59 Å². The van der Waals surface area contributed by atoms with Crippen LogP contribution in [0.2, 0.25) is 0 Å². The second-order valence-corrected chi connectivity index (χ2v) is 5.02. The number of likely N-dealkylation sites (tertiary alicyclic amines) is 1. The fraction of sp³-hybridized carbons (Fsp3) is 0.846. The Morgan fingerprint density at radius 1 is 1.50 bits per heavy atom. The molecule has 0 aromatic carbocycles. The molecule has 0 aliphatic carbocycles. The van der Waals surface area contributed by atoms with Crippen molar-refractivity contribution in [2.24, 2.45) is 5.92 Å². The Morgan fingerprint density at radius 2 is 2.22 bits per heavy atom. The molecule has 1 saturated heterocycles. The Labute approximate surface area is 109 Å². The Hall–Kier alpha value is -1.10. The minimum absolute atomic E-state index is 0.0510. The van der Waals surface area contributed by atoms with E-state index in [-0.39, 0.29) is 24.3 Å². The van der Waals surface area contributed by atoms with E-state index >= 15 is 0 Å². The van der Waals surface area contributed by atoms with E-state index in [4.69, 9.17) is 5.11 Å². The molecular formula is C13H24N2O3. The van der Waals surface area contributed by atoms with Crippen molar-refractivity contribution in [3.63, 3.8) is 0 Å². The Bertz CT molecular complexity index is 292. The van der Waals surface area contributed by atoms with Gasteiger partial charge in [0.05, 0.1) is 12.0 Å². The van der Waals surface area contributed by atoms with Crippen molar-refractivity contribution in [3.05, 3.63) is 0 Å². The monoisotopic (exact) mass is 256 g/mol. The highest BCUT2D eigenvalue weighted by Gasteiger charge is 2.27. The maximum Gasteiger partial charge on any atom is 0.224 e. The Morgan fingerprint density at radius 3 is 2.83 bits per heavy atom. The number of carbonyl (C=O) groups is 2. The number of hydrogen-bond donors (Lipinski definition) is 2. The van der Waals surface area contributed by atoms with E-state index < -0.39 is 6.10 Å². The van der Waals surface area contributed by atoms with Crippen molar-refractivity contribution in [3.8, 4) is 0 Å². The number of nitrogens with one attached hydrogen (secondary N) is 1. The third-order valence-electron chi connectivity index (χ3n) is 3.18. The van der Waals surface area contributed by atoms with Gasteiger partial charge in [0.25, 0.3) is 0 Å². The first kappa shape index (κ1) is 15.0. The average molecular weight is 256 g/mol. The van der Waals surface area contributed by atoms with Gasteiger partial charge in [-0.2, -0.15) is 0 Å². The molecule has 5 heteroatoms. The summed E-state index contributed by atoms with van der Waals surface area (Å²) in [5.41, 5.74) is 0. The van der Waals surface area contributed by atoms with Crippen LogP contribution < -0.4 is 5.32 Å². The minimum atomic E-state index is -0.532. The van der Waals surface area contributed by atoms with Crippen LogP contribution in [0, 0.1) is 5.92 Å². The van der Waals surface area contributed by atoms with Crippen LogP contribution in [0.15, 0.2) is 0 Å². The molecule has 0 aromatic heterocycles. The predicted octanol–water partition coefficient (Wildman–Crippen LogP) is 0.522.